The van der Waals surface area contributed by atoms with Crippen LogP contribution in [0.5, 0.6) is 0 Å². The molecule has 1 aromatic carbocycles. The maximum absolute atomic E-state index is 12.9. The van der Waals surface area contributed by atoms with E-state index in [1.807, 2.05) is 0 Å². The van der Waals surface area contributed by atoms with Gasteiger partial charge in [-0.25, -0.2) is 4.39 Å². The maximum Gasteiger partial charge on any atom is 0.227 e. The summed E-state index contributed by atoms with van der Waals surface area (Å²) in [7, 11) is 0. The number of hydrogen-bond acceptors (Lipinski definition) is 2. The molecule has 1 aliphatic heterocycles. The van der Waals surface area contributed by atoms with Crippen LogP contribution in [0.4, 0.5) is 10.1 Å². The van der Waals surface area contributed by atoms with Crippen molar-refractivity contribution < 1.29 is 13.9 Å². The summed E-state index contributed by atoms with van der Waals surface area (Å²) in [4.78, 5) is 11.9. The van der Waals surface area contributed by atoms with Crippen LogP contribution >= 0.6 is 15.9 Å². The van der Waals surface area contributed by atoms with Gasteiger partial charge in [0.15, 0.2) is 0 Å². The molecule has 1 saturated heterocycles. The summed E-state index contributed by atoms with van der Waals surface area (Å²) in [6, 6.07) is 4.21. The van der Waals surface area contributed by atoms with Gasteiger partial charge in [0.05, 0.1) is 5.69 Å². The summed E-state index contributed by atoms with van der Waals surface area (Å²) in [5.41, 5.74) is 0.600. The molecule has 0 aliphatic carbocycles. The van der Waals surface area contributed by atoms with Gasteiger partial charge >= 0.3 is 0 Å². The number of halogens is 2. The topological polar surface area (TPSA) is 38.3 Å². The Hall–Kier alpha value is -0.940. The Kier molecular flexibility index (Phi) is 4.12. The first-order valence-corrected chi connectivity index (χ1v) is 6.30. The van der Waals surface area contributed by atoms with Crippen LogP contribution in [0.3, 0.4) is 0 Å². The lowest BCUT2D eigenvalue weighted by molar-refractivity contribution is -0.122. The summed E-state index contributed by atoms with van der Waals surface area (Å²) in [6.45, 7) is 1.26. The molecule has 17 heavy (non-hydrogen) atoms. The van der Waals surface area contributed by atoms with Gasteiger partial charge in [0.2, 0.25) is 5.91 Å². The van der Waals surface area contributed by atoms with E-state index in [9.17, 15) is 9.18 Å². The summed E-state index contributed by atoms with van der Waals surface area (Å²) >= 11 is 3.22. The Labute approximate surface area is 107 Å². The van der Waals surface area contributed by atoms with E-state index in [1.165, 1.54) is 12.1 Å². The third-order valence-corrected chi connectivity index (χ3v) is 3.44. The quantitative estimate of drug-likeness (QED) is 0.912. The van der Waals surface area contributed by atoms with Crippen LogP contribution in [0.25, 0.3) is 0 Å². The molecule has 0 aromatic heterocycles. The first-order valence-electron chi connectivity index (χ1n) is 5.50. The van der Waals surface area contributed by atoms with Crippen LogP contribution in [0, 0.1) is 11.7 Å². The van der Waals surface area contributed by atoms with E-state index in [0.717, 1.165) is 12.8 Å². The van der Waals surface area contributed by atoms with Crippen LogP contribution in [0.15, 0.2) is 22.7 Å². The van der Waals surface area contributed by atoms with Crippen LogP contribution < -0.4 is 5.32 Å². The molecule has 0 atom stereocenters. The number of carbonyl (C=O) groups is 1. The Bertz CT molecular complexity index is 419. The number of benzene rings is 1. The molecule has 0 radical (unpaired) electrons. The molecule has 1 heterocycles. The number of nitrogens with one attached hydrogen (secondary N) is 1. The van der Waals surface area contributed by atoms with E-state index >= 15 is 0 Å². The highest BCUT2D eigenvalue weighted by molar-refractivity contribution is 9.10. The second kappa shape index (κ2) is 5.60. The van der Waals surface area contributed by atoms with Gasteiger partial charge in [-0.1, -0.05) is 0 Å². The molecule has 1 N–H and O–H groups in total. The minimum Gasteiger partial charge on any atom is -0.381 e. The SMILES string of the molecule is O=C(Nc1ccc(F)cc1Br)C1CCOCC1. The Balaban J connectivity index is 2.02. The van der Waals surface area contributed by atoms with Crippen molar-refractivity contribution in [1.29, 1.82) is 0 Å². The average Bonchev–Trinajstić information content (AvgIpc) is 2.34. The van der Waals surface area contributed by atoms with Gasteiger partial charge < -0.3 is 10.1 Å². The minimum atomic E-state index is -0.332. The predicted octanol–water partition coefficient (Wildman–Crippen LogP) is 2.95. The molecule has 1 amide bonds. The molecule has 1 aliphatic rings. The fourth-order valence-corrected chi connectivity index (χ4v) is 2.24. The van der Waals surface area contributed by atoms with Gasteiger partial charge in [-0.15, -0.1) is 0 Å². The largest absolute Gasteiger partial charge is 0.381 e. The van der Waals surface area contributed by atoms with Crippen molar-refractivity contribution in [3.05, 3.63) is 28.5 Å². The number of ether oxygens (including phenoxy) is 1. The van der Waals surface area contributed by atoms with E-state index in [1.54, 1.807) is 6.07 Å². The fraction of sp³-hybridized carbons (Fsp3) is 0.417. The summed E-state index contributed by atoms with van der Waals surface area (Å²) in [6.07, 6.45) is 1.48. The van der Waals surface area contributed by atoms with Crippen molar-refractivity contribution >= 4 is 27.5 Å². The van der Waals surface area contributed by atoms with E-state index in [2.05, 4.69) is 21.2 Å². The van der Waals surface area contributed by atoms with E-state index in [0.29, 0.717) is 23.4 Å². The monoisotopic (exact) mass is 301 g/mol. The lowest BCUT2D eigenvalue weighted by Crippen LogP contribution is -2.28. The normalized spacial score (nSPS) is 16.8. The van der Waals surface area contributed by atoms with Gasteiger partial charge in [0.1, 0.15) is 5.82 Å². The van der Waals surface area contributed by atoms with Gasteiger partial charge in [-0.2, -0.15) is 0 Å². The van der Waals surface area contributed by atoms with E-state index in [4.69, 9.17) is 4.74 Å². The molecule has 0 spiro atoms. The highest BCUT2D eigenvalue weighted by Gasteiger charge is 2.22. The number of rotatable bonds is 2. The van der Waals surface area contributed by atoms with Crippen molar-refractivity contribution in [2.24, 2.45) is 5.92 Å². The van der Waals surface area contributed by atoms with E-state index in [-0.39, 0.29) is 17.6 Å². The molecular weight excluding hydrogens is 289 g/mol. The Morgan fingerprint density at radius 2 is 2.12 bits per heavy atom. The van der Waals surface area contributed by atoms with Gasteiger partial charge in [0.25, 0.3) is 0 Å². The summed E-state index contributed by atoms with van der Waals surface area (Å²) in [5, 5.41) is 2.80. The van der Waals surface area contributed by atoms with Crippen molar-refractivity contribution in [1.82, 2.24) is 0 Å². The molecular formula is C12H13BrFNO2. The van der Waals surface area contributed by atoms with E-state index < -0.39 is 0 Å². The van der Waals surface area contributed by atoms with Gasteiger partial charge in [0, 0.05) is 23.6 Å². The zero-order chi connectivity index (χ0) is 12.3. The number of carbonyl (C=O) groups excluding carboxylic acids is 1. The Morgan fingerprint density at radius 3 is 2.76 bits per heavy atom. The minimum absolute atomic E-state index is 0.0132. The maximum atomic E-state index is 12.9. The number of anilines is 1. The first-order chi connectivity index (χ1) is 8.16. The fourth-order valence-electron chi connectivity index (χ4n) is 1.79. The second-order valence-corrected chi connectivity index (χ2v) is 4.85. The smallest absolute Gasteiger partial charge is 0.227 e. The molecule has 0 unspecified atom stereocenters. The number of hydrogen-bond donors (Lipinski definition) is 1. The molecule has 5 heteroatoms. The number of amides is 1. The van der Waals surface area contributed by atoms with Crippen LogP contribution in [-0.4, -0.2) is 19.1 Å². The molecule has 92 valence electrons. The van der Waals surface area contributed by atoms with Gasteiger partial charge in [-0.05, 0) is 47.0 Å². The van der Waals surface area contributed by atoms with Crippen LogP contribution in [0.2, 0.25) is 0 Å². The van der Waals surface area contributed by atoms with Gasteiger partial charge in [-0.3, -0.25) is 4.79 Å². The molecule has 2 rings (SSSR count). The molecule has 1 aromatic rings. The highest BCUT2D eigenvalue weighted by Crippen LogP contribution is 2.25. The molecule has 0 bridgehead atoms. The van der Waals surface area contributed by atoms with Crippen LogP contribution in [0.1, 0.15) is 12.8 Å². The van der Waals surface area contributed by atoms with Crippen molar-refractivity contribution in [2.45, 2.75) is 12.8 Å². The van der Waals surface area contributed by atoms with Crippen molar-refractivity contribution in [3.63, 3.8) is 0 Å². The lowest BCUT2D eigenvalue weighted by atomic mass is 9.99. The lowest BCUT2D eigenvalue weighted by Gasteiger charge is -2.21. The zero-order valence-corrected chi connectivity index (χ0v) is 10.8. The molecule has 3 nitrogen and oxygen atoms in total. The predicted molar refractivity (Wildman–Crippen MR) is 66.3 cm³/mol. The molecule has 0 saturated carbocycles. The zero-order valence-electron chi connectivity index (χ0n) is 9.21. The van der Waals surface area contributed by atoms with Crippen LogP contribution in [-0.2, 0) is 9.53 Å². The average molecular weight is 302 g/mol. The third-order valence-electron chi connectivity index (χ3n) is 2.78. The summed E-state index contributed by atoms with van der Waals surface area (Å²) < 4.78 is 18.6. The highest BCUT2D eigenvalue weighted by atomic mass is 79.9. The third kappa shape index (κ3) is 3.26. The Morgan fingerprint density at radius 1 is 1.41 bits per heavy atom. The standard InChI is InChI=1S/C12H13BrFNO2/c13-10-7-9(14)1-2-11(10)15-12(16)8-3-5-17-6-4-8/h1-2,7-8H,3-6H2,(H,15,16). The van der Waals surface area contributed by atoms with Crippen molar-refractivity contribution in [3.8, 4) is 0 Å². The van der Waals surface area contributed by atoms with Crippen molar-refractivity contribution in [2.75, 3.05) is 18.5 Å². The molecule has 1 fully saturated rings. The summed E-state index contributed by atoms with van der Waals surface area (Å²) in [5.74, 6) is -0.373. The second-order valence-electron chi connectivity index (χ2n) is 4.00. The first kappa shape index (κ1) is 12.5.